The van der Waals surface area contributed by atoms with Crippen LogP contribution in [0.1, 0.15) is 13.8 Å². The van der Waals surface area contributed by atoms with Crippen molar-refractivity contribution in [3.63, 3.8) is 0 Å². The van der Waals surface area contributed by atoms with Gasteiger partial charge in [0.05, 0.1) is 12.7 Å². The summed E-state index contributed by atoms with van der Waals surface area (Å²) in [6.07, 6.45) is -1.45. The van der Waals surface area contributed by atoms with Gasteiger partial charge in [0.1, 0.15) is 12.2 Å². The summed E-state index contributed by atoms with van der Waals surface area (Å²) in [4.78, 5) is 0. The molecule has 1 saturated heterocycles. The molecule has 0 amide bonds. The Balaban J connectivity index is 2.30. The van der Waals surface area contributed by atoms with Gasteiger partial charge >= 0.3 is 0 Å². The fraction of sp³-hybridized carbons (Fsp3) is 1.00. The SMILES string of the molecule is CC(C)C(O)C(O)C1CO1. The van der Waals surface area contributed by atoms with Gasteiger partial charge in [0.2, 0.25) is 0 Å². The molecule has 3 atom stereocenters. The summed E-state index contributed by atoms with van der Waals surface area (Å²) in [7, 11) is 0. The van der Waals surface area contributed by atoms with Gasteiger partial charge in [-0.25, -0.2) is 0 Å². The molecule has 1 aliphatic rings. The third-order valence-electron chi connectivity index (χ3n) is 1.77. The van der Waals surface area contributed by atoms with E-state index in [1.807, 2.05) is 13.8 Å². The molecule has 1 rings (SSSR count). The van der Waals surface area contributed by atoms with Crippen LogP contribution in [-0.4, -0.2) is 35.1 Å². The topological polar surface area (TPSA) is 53.0 Å². The number of aliphatic hydroxyl groups excluding tert-OH is 2. The van der Waals surface area contributed by atoms with Crippen LogP contribution in [0.15, 0.2) is 0 Å². The van der Waals surface area contributed by atoms with E-state index < -0.39 is 12.2 Å². The zero-order chi connectivity index (χ0) is 7.72. The van der Waals surface area contributed by atoms with Crippen LogP contribution in [0, 0.1) is 5.92 Å². The van der Waals surface area contributed by atoms with Crippen molar-refractivity contribution in [2.45, 2.75) is 32.2 Å². The standard InChI is InChI=1S/C7H14O3/c1-4(2)6(8)7(9)5-3-10-5/h4-9H,3H2,1-2H3. The van der Waals surface area contributed by atoms with E-state index in [-0.39, 0.29) is 12.0 Å². The van der Waals surface area contributed by atoms with E-state index in [9.17, 15) is 10.2 Å². The van der Waals surface area contributed by atoms with E-state index in [2.05, 4.69) is 0 Å². The summed E-state index contributed by atoms with van der Waals surface area (Å²) in [5.41, 5.74) is 0. The first-order valence-electron chi connectivity index (χ1n) is 3.60. The van der Waals surface area contributed by atoms with Gasteiger partial charge in [0.25, 0.3) is 0 Å². The Kier molecular flexibility index (Phi) is 2.28. The van der Waals surface area contributed by atoms with Gasteiger partial charge in [-0.3, -0.25) is 0 Å². The van der Waals surface area contributed by atoms with Gasteiger partial charge in [-0.05, 0) is 5.92 Å². The van der Waals surface area contributed by atoms with Crippen LogP contribution in [0.4, 0.5) is 0 Å². The molecule has 10 heavy (non-hydrogen) atoms. The predicted octanol–water partition coefficient (Wildman–Crippen LogP) is -0.237. The summed E-state index contributed by atoms with van der Waals surface area (Å²) in [6.45, 7) is 4.33. The molecule has 1 aliphatic heterocycles. The van der Waals surface area contributed by atoms with E-state index in [1.54, 1.807) is 0 Å². The predicted molar refractivity (Wildman–Crippen MR) is 36.6 cm³/mol. The molecule has 1 fully saturated rings. The minimum atomic E-state index is -0.694. The maximum Gasteiger partial charge on any atom is 0.109 e. The Morgan fingerprint density at radius 2 is 1.90 bits per heavy atom. The lowest BCUT2D eigenvalue weighted by Crippen LogP contribution is -2.34. The quantitative estimate of drug-likeness (QED) is 0.540. The van der Waals surface area contributed by atoms with Gasteiger partial charge in [-0.2, -0.15) is 0 Å². The summed E-state index contributed by atoms with van der Waals surface area (Å²) in [5, 5.41) is 18.5. The Morgan fingerprint density at radius 3 is 2.20 bits per heavy atom. The molecule has 0 aromatic heterocycles. The molecular weight excluding hydrogens is 132 g/mol. The Bertz CT molecular complexity index is 103. The third kappa shape index (κ3) is 1.68. The normalized spacial score (nSPS) is 30.3. The van der Waals surface area contributed by atoms with Crippen LogP contribution in [0.2, 0.25) is 0 Å². The average Bonchev–Trinajstić information content (AvgIpc) is 2.65. The summed E-state index contributed by atoms with van der Waals surface area (Å²) < 4.78 is 4.83. The lowest BCUT2D eigenvalue weighted by atomic mass is 10.0. The largest absolute Gasteiger partial charge is 0.390 e. The molecule has 0 aliphatic carbocycles. The van der Waals surface area contributed by atoms with Crippen molar-refractivity contribution >= 4 is 0 Å². The Labute approximate surface area is 60.6 Å². The molecule has 0 spiro atoms. The maximum atomic E-state index is 9.28. The van der Waals surface area contributed by atoms with Crippen LogP contribution in [0.3, 0.4) is 0 Å². The van der Waals surface area contributed by atoms with Gasteiger partial charge in [-0.15, -0.1) is 0 Å². The van der Waals surface area contributed by atoms with Gasteiger partial charge in [0, 0.05) is 0 Å². The zero-order valence-electron chi connectivity index (χ0n) is 6.32. The Morgan fingerprint density at radius 1 is 1.40 bits per heavy atom. The minimum Gasteiger partial charge on any atom is -0.390 e. The average molecular weight is 146 g/mol. The second kappa shape index (κ2) is 2.86. The first kappa shape index (κ1) is 7.98. The van der Waals surface area contributed by atoms with E-state index in [0.717, 1.165) is 0 Å². The lowest BCUT2D eigenvalue weighted by Gasteiger charge is -2.18. The van der Waals surface area contributed by atoms with Gasteiger partial charge in [-0.1, -0.05) is 13.8 Å². The molecule has 1 heterocycles. The van der Waals surface area contributed by atoms with Crippen molar-refractivity contribution in [2.24, 2.45) is 5.92 Å². The molecular formula is C7H14O3. The number of hydrogen-bond donors (Lipinski definition) is 2. The fourth-order valence-electron chi connectivity index (χ4n) is 0.867. The van der Waals surface area contributed by atoms with Crippen LogP contribution >= 0.6 is 0 Å². The first-order chi connectivity index (χ1) is 4.63. The second-order valence-electron chi connectivity index (χ2n) is 3.10. The zero-order valence-corrected chi connectivity index (χ0v) is 6.32. The maximum absolute atomic E-state index is 9.28. The molecule has 3 unspecified atom stereocenters. The van der Waals surface area contributed by atoms with E-state index in [4.69, 9.17) is 4.74 Å². The number of ether oxygens (including phenoxy) is 1. The van der Waals surface area contributed by atoms with Crippen molar-refractivity contribution in [1.82, 2.24) is 0 Å². The number of rotatable bonds is 3. The second-order valence-corrected chi connectivity index (χ2v) is 3.10. The van der Waals surface area contributed by atoms with Crippen molar-refractivity contribution in [3.8, 4) is 0 Å². The van der Waals surface area contributed by atoms with Crippen LogP contribution in [-0.2, 0) is 4.74 Å². The highest BCUT2D eigenvalue weighted by Crippen LogP contribution is 2.19. The molecule has 0 aromatic carbocycles. The van der Waals surface area contributed by atoms with Crippen molar-refractivity contribution < 1.29 is 14.9 Å². The third-order valence-corrected chi connectivity index (χ3v) is 1.77. The first-order valence-corrected chi connectivity index (χ1v) is 3.60. The minimum absolute atomic E-state index is 0.0965. The van der Waals surface area contributed by atoms with Crippen LogP contribution < -0.4 is 0 Å². The molecule has 2 N–H and O–H groups in total. The molecule has 0 radical (unpaired) electrons. The van der Waals surface area contributed by atoms with E-state index in [1.165, 1.54) is 0 Å². The molecule has 0 aromatic rings. The smallest absolute Gasteiger partial charge is 0.109 e. The molecule has 3 nitrogen and oxygen atoms in total. The summed E-state index contributed by atoms with van der Waals surface area (Å²) in [5.74, 6) is 0.0965. The monoisotopic (exact) mass is 146 g/mol. The van der Waals surface area contributed by atoms with E-state index in [0.29, 0.717) is 6.61 Å². The number of aliphatic hydroxyl groups is 2. The van der Waals surface area contributed by atoms with Crippen molar-refractivity contribution in [3.05, 3.63) is 0 Å². The molecule has 0 bridgehead atoms. The number of hydrogen-bond acceptors (Lipinski definition) is 3. The van der Waals surface area contributed by atoms with Crippen LogP contribution in [0.5, 0.6) is 0 Å². The number of epoxide rings is 1. The van der Waals surface area contributed by atoms with Gasteiger partial charge < -0.3 is 14.9 Å². The van der Waals surface area contributed by atoms with Crippen LogP contribution in [0.25, 0.3) is 0 Å². The van der Waals surface area contributed by atoms with Crippen molar-refractivity contribution in [1.29, 1.82) is 0 Å². The summed E-state index contributed by atoms with van der Waals surface area (Å²) >= 11 is 0. The summed E-state index contributed by atoms with van der Waals surface area (Å²) in [6, 6.07) is 0. The highest BCUT2D eigenvalue weighted by Gasteiger charge is 2.36. The molecule has 0 saturated carbocycles. The molecule has 60 valence electrons. The highest BCUT2D eigenvalue weighted by molar-refractivity contribution is 4.84. The van der Waals surface area contributed by atoms with E-state index >= 15 is 0 Å². The van der Waals surface area contributed by atoms with Crippen molar-refractivity contribution in [2.75, 3.05) is 6.61 Å². The lowest BCUT2D eigenvalue weighted by molar-refractivity contribution is -0.0218. The molecule has 3 heteroatoms. The Hall–Kier alpha value is -0.120. The van der Waals surface area contributed by atoms with Gasteiger partial charge in [0.15, 0.2) is 0 Å². The fourth-order valence-corrected chi connectivity index (χ4v) is 0.867. The highest BCUT2D eigenvalue weighted by atomic mass is 16.6.